The molecule has 2 unspecified atom stereocenters. The molecule has 0 saturated carbocycles. The number of benzene rings is 2. The maximum Gasteiger partial charge on any atom is 0.243 e. The zero-order valence-corrected chi connectivity index (χ0v) is 16.9. The van der Waals surface area contributed by atoms with E-state index in [4.69, 9.17) is 0 Å². The second-order valence-electron chi connectivity index (χ2n) is 7.28. The number of aliphatic hydroxyl groups is 1. The van der Waals surface area contributed by atoms with Gasteiger partial charge in [0.25, 0.3) is 0 Å². The normalized spacial score (nSPS) is 20.9. The lowest BCUT2D eigenvalue weighted by atomic mass is 9.97. The maximum atomic E-state index is 13.4. The Bertz CT molecular complexity index is 1060. The number of nitrogens with zero attached hydrogens (tertiary/aromatic N) is 2. The van der Waals surface area contributed by atoms with Gasteiger partial charge in [0.1, 0.15) is 0 Å². The van der Waals surface area contributed by atoms with Crippen LogP contribution in [0.3, 0.4) is 0 Å². The lowest BCUT2D eigenvalue weighted by molar-refractivity contribution is 0.0787. The number of aryl methyl sites for hydroxylation is 1. The molecule has 2 atom stereocenters. The molecule has 0 bridgehead atoms. The summed E-state index contributed by atoms with van der Waals surface area (Å²) in [4.78, 5) is 4.54. The fraction of sp³-hybridized carbons (Fsp3) is 0.261. The van der Waals surface area contributed by atoms with Crippen molar-refractivity contribution in [1.82, 2.24) is 9.29 Å². The highest BCUT2D eigenvalue weighted by atomic mass is 32.2. The van der Waals surface area contributed by atoms with Crippen molar-refractivity contribution >= 4 is 10.0 Å². The molecule has 2 aromatic carbocycles. The molecule has 0 spiro atoms. The van der Waals surface area contributed by atoms with E-state index < -0.39 is 22.2 Å². The number of fused-ring (bicyclic) bond motifs is 1. The summed E-state index contributed by atoms with van der Waals surface area (Å²) in [6, 6.07) is 21.7. The van der Waals surface area contributed by atoms with Gasteiger partial charge in [-0.2, -0.15) is 4.31 Å². The lowest BCUT2D eigenvalue weighted by Gasteiger charge is -2.39. The molecule has 150 valence electrons. The molecule has 0 amide bonds. The Hall–Kier alpha value is -2.54. The molecular weight excluding hydrogens is 384 g/mol. The number of aliphatic hydroxyl groups excluding tert-OH is 1. The van der Waals surface area contributed by atoms with E-state index in [9.17, 15) is 13.5 Å². The van der Waals surface area contributed by atoms with Gasteiger partial charge in [0.2, 0.25) is 10.0 Å². The van der Waals surface area contributed by atoms with Crippen molar-refractivity contribution in [2.24, 2.45) is 0 Å². The third-order valence-electron chi connectivity index (χ3n) is 5.39. The fourth-order valence-electron chi connectivity index (χ4n) is 3.95. The zero-order valence-electron chi connectivity index (χ0n) is 16.1. The quantitative estimate of drug-likeness (QED) is 0.679. The second kappa shape index (κ2) is 8.45. The second-order valence-corrected chi connectivity index (χ2v) is 9.14. The van der Waals surface area contributed by atoms with Crippen molar-refractivity contribution in [1.29, 1.82) is 0 Å². The number of sulfonamides is 1. The van der Waals surface area contributed by atoms with Gasteiger partial charge in [0, 0.05) is 30.4 Å². The molecule has 1 aliphatic rings. The van der Waals surface area contributed by atoms with Crippen LogP contribution in [0.15, 0.2) is 83.9 Å². The van der Waals surface area contributed by atoms with E-state index in [0.29, 0.717) is 24.9 Å². The zero-order chi connectivity index (χ0) is 20.3. The molecule has 0 aliphatic carbocycles. The van der Waals surface area contributed by atoms with E-state index in [1.807, 2.05) is 48.5 Å². The first kappa shape index (κ1) is 19.8. The molecule has 29 heavy (non-hydrogen) atoms. The highest BCUT2D eigenvalue weighted by Gasteiger charge is 2.43. The van der Waals surface area contributed by atoms with Crippen molar-refractivity contribution in [2.75, 3.05) is 6.54 Å². The first-order chi connectivity index (χ1) is 14.1. The average Bonchev–Trinajstić information content (AvgIpc) is 2.75. The summed E-state index contributed by atoms with van der Waals surface area (Å²) in [5, 5.41) is 11.1. The van der Waals surface area contributed by atoms with Gasteiger partial charge < -0.3 is 5.11 Å². The first-order valence-electron chi connectivity index (χ1n) is 9.80. The predicted molar refractivity (Wildman–Crippen MR) is 112 cm³/mol. The monoisotopic (exact) mass is 408 g/mol. The third kappa shape index (κ3) is 4.10. The number of aromatic nitrogens is 1. The SMILES string of the molecule is O=S1(=O)c2ccccc2C(O)C(Cc2ccccn2)N1CCCc1ccccc1. The van der Waals surface area contributed by atoms with Crippen LogP contribution in [0.1, 0.15) is 29.3 Å². The van der Waals surface area contributed by atoms with E-state index in [1.165, 1.54) is 9.87 Å². The topological polar surface area (TPSA) is 70.5 Å². The van der Waals surface area contributed by atoms with Crippen LogP contribution in [0.4, 0.5) is 0 Å². The average molecular weight is 409 g/mol. The van der Waals surface area contributed by atoms with Gasteiger partial charge in [0.05, 0.1) is 17.0 Å². The molecule has 4 rings (SSSR count). The molecular formula is C23H24N2O3S. The molecule has 5 nitrogen and oxygen atoms in total. The minimum atomic E-state index is -3.69. The molecule has 0 saturated heterocycles. The number of pyridine rings is 1. The fourth-order valence-corrected chi connectivity index (χ4v) is 5.85. The smallest absolute Gasteiger partial charge is 0.243 e. The lowest BCUT2D eigenvalue weighted by Crippen LogP contribution is -2.49. The summed E-state index contributed by atoms with van der Waals surface area (Å²) in [5.74, 6) is 0. The maximum absolute atomic E-state index is 13.4. The van der Waals surface area contributed by atoms with Crippen LogP contribution in [0.2, 0.25) is 0 Å². The van der Waals surface area contributed by atoms with Crippen LogP contribution in [0.5, 0.6) is 0 Å². The number of hydrogen-bond donors (Lipinski definition) is 1. The van der Waals surface area contributed by atoms with E-state index in [-0.39, 0.29) is 4.90 Å². The molecule has 0 radical (unpaired) electrons. The summed E-state index contributed by atoms with van der Waals surface area (Å²) < 4.78 is 28.2. The molecule has 1 N–H and O–H groups in total. The summed E-state index contributed by atoms with van der Waals surface area (Å²) in [6.45, 7) is 0.347. The Morgan fingerprint density at radius 3 is 2.41 bits per heavy atom. The predicted octanol–water partition coefficient (Wildman–Crippen LogP) is 3.36. The molecule has 6 heteroatoms. The molecule has 3 aromatic rings. The van der Waals surface area contributed by atoms with Gasteiger partial charge in [-0.3, -0.25) is 4.98 Å². The van der Waals surface area contributed by atoms with Crippen LogP contribution in [0.25, 0.3) is 0 Å². The van der Waals surface area contributed by atoms with Crippen molar-refractivity contribution in [3.63, 3.8) is 0 Å². The Kier molecular flexibility index (Phi) is 5.76. The highest BCUT2D eigenvalue weighted by molar-refractivity contribution is 7.89. The highest BCUT2D eigenvalue weighted by Crippen LogP contribution is 2.38. The van der Waals surface area contributed by atoms with Gasteiger partial charge in [-0.15, -0.1) is 0 Å². The standard InChI is InChI=1S/C23H24N2O3S/c26-23-20-13-4-5-14-22(20)29(27,28)25(16-8-11-18-9-2-1-3-10-18)21(23)17-19-12-6-7-15-24-19/h1-7,9-10,12-15,21,23,26H,8,11,16-17H2. The van der Waals surface area contributed by atoms with E-state index in [1.54, 1.807) is 30.5 Å². The van der Waals surface area contributed by atoms with E-state index in [2.05, 4.69) is 4.98 Å². The summed E-state index contributed by atoms with van der Waals surface area (Å²) in [7, 11) is -3.69. The van der Waals surface area contributed by atoms with Crippen LogP contribution in [-0.2, 0) is 22.9 Å². The van der Waals surface area contributed by atoms with Crippen molar-refractivity contribution in [3.05, 3.63) is 95.8 Å². The largest absolute Gasteiger partial charge is 0.387 e. The minimum absolute atomic E-state index is 0.199. The Morgan fingerprint density at radius 2 is 1.66 bits per heavy atom. The van der Waals surface area contributed by atoms with Crippen LogP contribution >= 0.6 is 0 Å². The molecule has 1 aliphatic heterocycles. The van der Waals surface area contributed by atoms with Crippen molar-refractivity contribution in [3.8, 4) is 0 Å². The Labute approximate surface area is 171 Å². The van der Waals surface area contributed by atoms with Gasteiger partial charge in [-0.05, 0) is 36.6 Å². The van der Waals surface area contributed by atoms with Gasteiger partial charge in [-0.25, -0.2) is 8.42 Å². The van der Waals surface area contributed by atoms with Crippen molar-refractivity contribution in [2.45, 2.75) is 36.3 Å². The molecule has 0 fully saturated rings. The van der Waals surface area contributed by atoms with Crippen LogP contribution in [0, 0.1) is 0 Å². The van der Waals surface area contributed by atoms with E-state index >= 15 is 0 Å². The van der Waals surface area contributed by atoms with Gasteiger partial charge >= 0.3 is 0 Å². The molecule has 1 aromatic heterocycles. The van der Waals surface area contributed by atoms with E-state index in [0.717, 1.165) is 12.1 Å². The summed E-state index contributed by atoms with van der Waals surface area (Å²) in [6.07, 6.45) is 2.61. The molecule has 2 heterocycles. The Morgan fingerprint density at radius 1 is 0.931 bits per heavy atom. The Balaban J connectivity index is 1.64. The van der Waals surface area contributed by atoms with Crippen molar-refractivity contribution < 1.29 is 13.5 Å². The summed E-state index contributed by atoms with van der Waals surface area (Å²) in [5.41, 5.74) is 2.40. The van der Waals surface area contributed by atoms with Gasteiger partial charge in [0.15, 0.2) is 0 Å². The van der Waals surface area contributed by atoms with Gasteiger partial charge in [-0.1, -0.05) is 54.6 Å². The minimum Gasteiger partial charge on any atom is -0.387 e. The number of hydrogen-bond acceptors (Lipinski definition) is 4. The summed E-state index contributed by atoms with van der Waals surface area (Å²) >= 11 is 0. The van der Waals surface area contributed by atoms with Crippen LogP contribution < -0.4 is 0 Å². The number of rotatable bonds is 6. The van der Waals surface area contributed by atoms with Crippen LogP contribution in [-0.4, -0.2) is 35.4 Å². The third-order valence-corrected chi connectivity index (χ3v) is 7.39. The first-order valence-corrected chi connectivity index (χ1v) is 11.2.